The van der Waals surface area contributed by atoms with Crippen LogP contribution in [0.5, 0.6) is 0 Å². The molecular weight excluding hydrogens is 342 g/mol. The van der Waals surface area contributed by atoms with Gasteiger partial charge in [0.25, 0.3) is 5.91 Å². The lowest BCUT2D eigenvalue weighted by Crippen LogP contribution is -2.57. The van der Waals surface area contributed by atoms with Gasteiger partial charge < -0.3 is 10.2 Å². The Balaban J connectivity index is 0.00000169. The molecule has 3 aliphatic rings. The Morgan fingerprint density at radius 2 is 1.96 bits per heavy atom. The van der Waals surface area contributed by atoms with Crippen LogP contribution in [-0.4, -0.2) is 41.5 Å². The van der Waals surface area contributed by atoms with Gasteiger partial charge in [0, 0.05) is 18.2 Å². The highest BCUT2D eigenvalue weighted by atomic mass is 35.5. The van der Waals surface area contributed by atoms with E-state index < -0.39 is 0 Å². The summed E-state index contributed by atoms with van der Waals surface area (Å²) in [5, 5.41) is 4.14. The molecule has 0 unspecified atom stereocenters. The molecule has 2 aromatic rings. The molecule has 3 aliphatic heterocycles. The van der Waals surface area contributed by atoms with E-state index in [1.54, 1.807) is 6.20 Å². The number of nitrogens with one attached hydrogen (secondary N) is 1. The zero-order chi connectivity index (χ0) is 15.8. The van der Waals surface area contributed by atoms with Crippen molar-refractivity contribution in [2.24, 2.45) is 5.92 Å². The zero-order valence-electron chi connectivity index (χ0n) is 13.7. The second-order valence-electron chi connectivity index (χ2n) is 6.61. The highest BCUT2D eigenvalue weighted by Gasteiger charge is 2.35. The number of benzene rings is 1. The number of aromatic nitrogens is 1. The fourth-order valence-corrected chi connectivity index (χ4v) is 4.40. The number of rotatable bonds is 3. The first-order chi connectivity index (χ1) is 11.2. The van der Waals surface area contributed by atoms with Crippen molar-refractivity contribution < 1.29 is 4.79 Å². The molecule has 1 aromatic carbocycles. The number of fused-ring (bicyclic) bond motifs is 3. The van der Waals surface area contributed by atoms with Gasteiger partial charge >= 0.3 is 0 Å². The van der Waals surface area contributed by atoms with Crippen molar-refractivity contribution in [2.45, 2.75) is 25.8 Å². The first-order valence-corrected chi connectivity index (χ1v) is 9.07. The first kappa shape index (κ1) is 17.4. The number of carbonyl (C=O) groups excluding carboxylic acids is 1. The van der Waals surface area contributed by atoms with E-state index in [0.717, 1.165) is 17.1 Å². The average molecular weight is 364 g/mol. The lowest BCUT2D eigenvalue weighted by atomic mass is 9.84. The van der Waals surface area contributed by atoms with E-state index in [-0.39, 0.29) is 18.3 Å². The third-order valence-electron chi connectivity index (χ3n) is 5.00. The third-order valence-corrected chi connectivity index (χ3v) is 6.05. The van der Waals surface area contributed by atoms with Crippen molar-refractivity contribution in [3.05, 3.63) is 40.9 Å². The fraction of sp³-hybridized carbons (Fsp3) is 0.444. The van der Waals surface area contributed by atoms with Crippen molar-refractivity contribution in [3.8, 4) is 10.6 Å². The molecule has 1 amide bonds. The molecule has 5 rings (SSSR count). The topological polar surface area (TPSA) is 45.2 Å². The summed E-state index contributed by atoms with van der Waals surface area (Å²) in [7, 11) is 0. The quantitative estimate of drug-likeness (QED) is 0.909. The van der Waals surface area contributed by atoms with Crippen LogP contribution in [0.2, 0.25) is 0 Å². The number of carbonyl (C=O) groups is 1. The number of piperidine rings is 3. The molecule has 4 nitrogen and oxygen atoms in total. The minimum absolute atomic E-state index is 0. The van der Waals surface area contributed by atoms with Crippen molar-refractivity contribution in [1.29, 1.82) is 0 Å². The molecule has 24 heavy (non-hydrogen) atoms. The van der Waals surface area contributed by atoms with Gasteiger partial charge in [-0.05, 0) is 38.8 Å². The summed E-state index contributed by atoms with van der Waals surface area (Å²) < 4.78 is 0. The van der Waals surface area contributed by atoms with Crippen LogP contribution in [0.4, 0.5) is 0 Å². The van der Waals surface area contributed by atoms with E-state index >= 15 is 0 Å². The molecule has 128 valence electrons. The van der Waals surface area contributed by atoms with E-state index in [1.165, 1.54) is 42.8 Å². The van der Waals surface area contributed by atoms with Crippen LogP contribution < -0.4 is 5.32 Å². The summed E-state index contributed by atoms with van der Waals surface area (Å²) in [5.41, 5.74) is 2.30. The molecule has 1 aromatic heterocycles. The van der Waals surface area contributed by atoms with Crippen LogP contribution in [0, 0.1) is 12.8 Å². The molecule has 1 N–H and O–H groups in total. The number of amides is 1. The summed E-state index contributed by atoms with van der Waals surface area (Å²) in [6.07, 6.45) is 4.13. The molecule has 0 aliphatic carbocycles. The maximum Gasteiger partial charge on any atom is 0.263 e. The molecule has 0 saturated carbocycles. The standard InChI is InChI=1S/C18H21N3OS.ClH/c1-12-2-4-14(5-3-12)18-19-10-16(23-18)17(22)20-15-11-21-8-6-13(15)7-9-21;/h2-5,10,13,15H,6-9,11H2,1H3,(H,20,22);1H/t15-;/m0./s1. The van der Waals surface area contributed by atoms with Crippen LogP contribution in [-0.2, 0) is 0 Å². The van der Waals surface area contributed by atoms with E-state index in [9.17, 15) is 4.79 Å². The minimum Gasteiger partial charge on any atom is -0.347 e. The smallest absolute Gasteiger partial charge is 0.263 e. The van der Waals surface area contributed by atoms with Gasteiger partial charge in [-0.25, -0.2) is 4.98 Å². The summed E-state index contributed by atoms with van der Waals surface area (Å²) in [6, 6.07) is 8.56. The average Bonchev–Trinajstić information content (AvgIpc) is 3.07. The van der Waals surface area contributed by atoms with E-state index in [1.807, 2.05) is 0 Å². The van der Waals surface area contributed by atoms with Gasteiger partial charge in [-0.2, -0.15) is 0 Å². The normalized spacial score (nSPS) is 25.1. The number of hydrogen-bond acceptors (Lipinski definition) is 4. The molecule has 0 spiro atoms. The Morgan fingerprint density at radius 3 is 2.58 bits per heavy atom. The highest BCUT2D eigenvalue weighted by molar-refractivity contribution is 7.16. The zero-order valence-corrected chi connectivity index (χ0v) is 15.3. The third kappa shape index (κ3) is 3.48. The van der Waals surface area contributed by atoms with Gasteiger partial charge in [0.2, 0.25) is 0 Å². The lowest BCUT2D eigenvalue weighted by Gasteiger charge is -2.44. The molecule has 2 bridgehead atoms. The summed E-state index contributed by atoms with van der Waals surface area (Å²) >= 11 is 1.47. The lowest BCUT2D eigenvalue weighted by molar-refractivity contribution is 0.0622. The maximum absolute atomic E-state index is 12.5. The number of hydrogen-bond donors (Lipinski definition) is 1. The summed E-state index contributed by atoms with van der Waals surface area (Å²) in [6.45, 7) is 5.45. The van der Waals surface area contributed by atoms with Crippen molar-refractivity contribution in [3.63, 3.8) is 0 Å². The van der Waals surface area contributed by atoms with Gasteiger partial charge in [0.15, 0.2) is 0 Å². The van der Waals surface area contributed by atoms with Gasteiger partial charge in [-0.1, -0.05) is 29.8 Å². The van der Waals surface area contributed by atoms with Crippen molar-refractivity contribution >= 4 is 29.7 Å². The number of nitrogens with zero attached hydrogens (tertiary/aromatic N) is 2. The van der Waals surface area contributed by atoms with Crippen LogP contribution in [0.1, 0.15) is 28.1 Å². The SMILES string of the molecule is Cc1ccc(-c2ncc(C(=O)N[C@H]3CN4CCC3CC4)s2)cc1.Cl. The van der Waals surface area contributed by atoms with Crippen LogP contribution in [0.3, 0.4) is 0 Å². The fourth-order valence-electron chi connectivity index (χ4n) is 3.58. The predicted octanol–water partition coefficient (Wildman–Crippen LogP) is 3.36. The molecule has 3 fully saturated rings. The van der Waals surface area contributed by atoms with Crippen molar-refractivity contribution in [2.75, 3.05) is 19.6 Å². The Bertz CT molecular complexity index is 707. The predicted molar refractivity (Wildman–Crippen MR) is 100.0 cm³/mol. The van der Waals surface area contributed by atoms with Gasteiger partial charge in [0.05, 0.1) is 6.20 Å². The number of halogens is 1. The van der Waals surface area contributed by atoms with Gasteiger partial charge in [0.1, 0.15) is 9.88 Å². The molecule has 0 radical (unpaired) electrons. The van der Waals surface area contributed by atoms with Crippen molar-refractivity contribution in [1.82, 2.24) is 15.2 Å². The Kier molecular flexibility index (Phi) is 5.23. The summed E-state index contributed by atoms with van der Waals surface area (Å²) in [4.78, 5) is 20.1. The largest absolute Gasteiger partial charge is 0.347 e. The Labute approximate surface area is 152 Å². The number of aryl methyl sites for hydroxylation is 1. The highest BCUT2D eigenvalue weighted by Crippen LogP contribution is 2.29. The maximum atomic E-state index is 12.5. The first-order valence-electron chi connectivity index (χ1n) is 8.25. The van der Waals surface area contributed by atoms with E-state index in [0.29, 0.717) is 16.8 Å². The second-order valence-corrected chi connectivity index (χ2v) is 7.64. The Hall–Kier alpha value is -1.43. The molecule has 4 heterocycles. The van der Waals surface area contributed by atoms with Crippen LogP contribution >= 0.6 is 23.7 Å². The van der Waals surface area contributed by atoms with Crippen LogP contribution in [0.25, 0.3) is 10.6 Å². The molecule has 1 atom stereocenters. The van der Waals surface area contributed by atoms with E-state index in [2.05, 4.69) is 46.4 Å². The molecule has 6 heteroatoms. The van der Waals surface area contributed by atoms with Gasteiger partial charge in [-0.3, -0.25) is 4.79 Å². The van der Waals surface area contributed by atoms with Gasteiger partial charge in [-0.15, -0.1) is 23.7 Å². The Morgan fingerprint density at radius 1 is 1.25 bits per heavy atom. The monoisotopic (exact) mass is 363 g/mol. The van der Waals surface area contributed by atoms with E-state index in [4.69, 9.17) is 0 Å². The second kappa shape index (κ2) is 7.21. The van der Waals surface area contributed by atoms with Crippen LogP contribution in [0.15, 0.2) is 30.5 Å². The number of thiazole rings is 1. The molecular formula is C18H22ClN3OS. The minimum atomic E-state index is 0. The molecule has 3 saturated heterocycles. The summed E-state index contributed by atoms with van der Waals surface area (Å²) in [5.74, 6) is 0.674.